The number of rotatable bonds is 9. The highest BCUT2D eigenvalue weighted by Gasteiger charge is 2.33. The van der Waals surface area contributed by atoms with Gasteiger partial charge in [0.25, 0.3) is 16.1 Å². The smallest absolute Gasteiger partial charge is 0.336 e. The fraction of sp³-hybridized carbons (Fsp3) is 0.417. The van der Waals surface area contributed by atoms with Crippen LogP contribution >= 0.6 is 0 Å². The number of hydrogen-bond donors (Lipinski definition) is 4. The largest absolute Gasteiger partial charge is 0.491 e. The van der Waals surface area contributed by atoms with E-state index in [4.69, 9.17) is 24.3 Å². The molecule has 4 heterocycles. The molecule has 0 spiro atoms. The van der Waals surface area contributed by atoms with Crippen molar-refractivity contribution in [3.63, 3.8) is 0 Å². The highest BCUT2D eigenvalue weighted by atomic mass is 32.2. The lowest BCUT2D eigenvalue weighted by atomic mass is 10.1. The van der Waals surface area contributed by atoms with Crippen LogP contribution in [-0.4, -0.2) is 112 Å². The van der Waals surface area contributed by atoms with Crippen LogP contribution < -0.4 is 30.0 Å². The van der Waals surface area contributed by atoms with Crippen LogP contribution in [0.3, 0.4) is 0 Å². The van der Waals surface area contributed by atoms with Crippen molar-refractivity contribution < 1.29 is 32.2 Å². The van der Waals surface area contributed by atoms with Gasteiger partial charge in [-0.25, -0.2) is 29.6 Å². The summed E-state index contributed by atoms with van der Waals surface area (Å²) in [6, 6.07) is 2.56. The summed E-state index contributed by atoms with van der Waals surface area (Å²) < 4.78 is 40.6. The van der Waals surface area contributed by atoms with E-state index in [1.165, 1.54) is 11.8 Å². The number of hydrogen-bond acceptors (Lipinski definition) is 13. The van der Waals surface area contributed by atoms with Gasteiger partial charge < -0.3 is 14.2 Å². The number of fused-ring (bicyclic) bond motifs is 3. The fourth-order valence-corrected chi connectivity index (χ4v) is 4.84. The number of carbonyl (C=O) groups is 2. The van der Waals surface area contributed by atoms with E-state index in [0.717, 1.165) is 57.2 Å². The van der Waals surface area contributed by atoms with Crippen molar-refractivity contribution in [1.82, 2.24) is 29.8 Å². The molecule has 1 fully saturated rings. The fourth-order valence-electron chi connectivity index (χ4n) is 4.54. The third-order valence-corrected chi connectivity index (χ3v) is 6.90. The van der Waals surface area contributed by atoms with Crippen LogP contribution in [0, 0.1) is 0 Å². The number of nitrogens with one attached hydrogen (secondary N) is 3. The van der Waals surface area contributed by atoms with Crippen molar-refractivity contribution in [1.29, 1.82) is 0 Å². The Morgan fingerprint density at radius 2 is 1.88 bits per heavy atom. The van der Waals surface area contributed by atoms with E-state index in [1.807, 2.05) is 12.1 Å². The van der Waals surface area contributed by atoms with Crippen LogP contribution in [0.15, 0.2) is 34.5 Å². The monoisotopic (exact) mass is 602 g/mol. The highest BCUT2D eigenvalue weighted by molar-refractivity contribution is 7.87. The van der Waals surface area contributed by atoms with Crippen LogP contribution in [0.4, 0.5) is 16.4 Å². The van der Waals surface area contributed by atoms with Crippen LogP contribution in [0.25, 0.3) is 0 Å². The first-order valence-electron chi connectivity index (χ1n) is 13.0. The molecule has 0 aliphatic carbocycles. The van der Waals surface area contributed by atoms with Gasteiger partial charge in [0, 0.05) is 44.1 Å². The first kappa shape index (κ1) is 29.1. The Balaban J connectivity index is 1.29. The second-order valence-electron chi connectivity index (χ2n) is 9.29. The van der Waals surface area contributed by atoms with Crippen molar-refractivity contribution in [2.45, 2.75) is 6.42 Å². The van der Waals surface area contributed by atoms with Gasteiger partial charge in [-0.05, 0) is 18.6 Å². The number of aromatic nitrogens is 2. The molecule has 0 unspecified atom stereocenters. The molecule has 17 nitrogen and oxygen atoms in total. The number of anilines is 1. The minimum atomic E-state index is -4.26. The quantitative estimate of drug-likeness (QED) is 0.266. The summed E-state index contributed by atoms with van der Waals surface area (Å²) in [6.07, 6.45) is 3.15. The standard InChI is InChI=1S/C24H30N10O7S/c1-39-19-17(41-10-2-6-33-8-11-40-12-9-33)4-3-16-18(19)29-23(34-7-5-26-20(16)34)30-21(35)15-13-27-22(28-14-15)31-24(36)32-42(25,37)38/h3-4,13-14H,2,5-12H2,1H3,(H2,25,37,38)(H,29,30,35)(H2,27,28,31,32,36). The van der Waals surface area contributed by atoms with Crippen molar-refractivity contribution in [3.8, 4) is 11.5 Å². The van der Waals surface area contributed by atoms with E-state index in [-0.39, 0.29) is 17.5 Å². The molecule has 0 bridgehead atoms. The molecule has 3 amide bonds. The highest BCUT2D eigenvalue weighted by Crippen LogP contribution is 2.43. The number of carbonyl (C=O) groups excluding carboxylic acids is 2. The zero-order chi connectivity index (χ0) is 29.7. The lowest BCUT2D eigenvalue weighted by Gasteiger charge is -2.28. The molecule has 0 radical (unpaired) electrons. The molecule has 18 heteroatoms. The lowest BCUT2D eigenvalue weighted by molar-refractivity contribution is 0.0357. The first-order valence-corrected chi connectivity index (χ1v) is 14.6. The van der Waals surface area contributed by atoms with Crippen molar-refractivity contribution >= 4 is 45.6 Å². The van der Waals surface area contributed by atoms with Gasteiger partial charge in [0.2, 0.25) is 11.9 Å². The summed E-state index contributed by atoms with van der Waals surface area (Å²) >= 11 is 0. The first-order chi connectivity index (χ1) is 20.2. The van der Waals surface area contributed by atoms with E-state index in [2.05, 4.69) is 30.5 Å². The lowest BCUT2D eigenvalue weighted by Crippen LogP contribution is -2.47. The number of nitrogens with two attached hydrogens (primary N) is 1. The zero-order valence-corrected chi connectivity index (χ0v) is 23.5. The third-order valence-electron chi connectivity index (χ3n) is 6.43. The Bertz CT molecular complexity index is 1510. The Morgan fingerprint density at radius 1 is 1.12 bits per heavy atom. The van der Waals surface area contributed by atoms with Crippen molar-refractivity contribution in [2.75, 3.05) is 65.0 Å². The summed E-state index contributed by atoms with van der Waals surface area (Å²) in [4.78, 5) is 45.9. The second-order valence-corrected chi connectivity index (χ2v) is 10.6. The van der Waals surface area contributed by atoms with Gasteiger partial charge in [0.1, 0.15) is 11.5 Å². The van der Waals surface area contributed by atoms with Gasteiger partial charge in [0.05, 0.1) is 39.0 Å². The summed E-state index contributed by atoms with van der Waals surface area (Å²) in [6.45, 7) is 5.72. The summed E-state index contributed by atoms with van der Waals surface area (Å²) in [5.74, 6) is 1.02. The predicted octanol–water partition coefficient (Wildman–Crippen LogP) is -0.595. The van der Waals surface area contributed by atoms with Crippen molar-refractivity contribution in [2.24, 2.45) is 15.1 Å². The van der Waals surface area contributed by atoms with E-state index in [1.54, 1.807) is 4.90 Å². The molecule has 1 aromatic heterocycles. The molecular formula is C24H30N10O7S. The van der Waals surface area contributed by atoms with Crippen molar-refractivity contribution in [3.05, 3.63) is 35.7 Å². The average molecular weight is 603 g/mol. The molecule has 42 heavy (non-hydrogen) atoms. The second kappa shape index (κ2) is 12.6. The number of aliphatic imine (C=N–C) groups is 2. The Hall–Kier alpha value is -4.39. The molecule has 2 aromatic rings. The third kappa shape index (κ3) is 6.90. The number of ether oxygens (including phenoxy) is 3. The van der Waals surface area contributed by atoms with E-state index in [9.17, 15) is 18.0 Å². The van der Waals surface area contributed by atoms with E-state index < -0.39 is 22.1 Å². The molecule has 5 rings (SSSR count). The Morgan fingerprint density at radius 3 is 2.60 bits per heavy atom. The summed E-state index contributed by atoms with van der Waals surface area (Å²) in [5, 5.41) is 9.61. The summed E-state index contributed by atoms with van der Waals surface area (Å²) in [7, 11) is -2.73. The molecule has 0 atom stereocenters. The molecular weight excluding hydrogens is 572 g/mol. The van der Waals surface area contributed by atoms with Crippen LogP contribution in [0.5, 0.6) is 11.5 Å². The number of amides is 3. The number of amidine groups is 1. The topological polar surface area (TPSA) is 215 Å². The minimum absolute atomic E-state index is 0.0582. The van der Waals surface area contributed by atoms with Gasteiger partial charge in [-0.2, -0.15) is 8.42 Å². The Labute approximate surface area is 241 Å². The summed E-state index contributed by atoms with van der Waals surface area (Å²) in [5.41, 5.74) is 1.29. The molecule has 3 aliphatic rings. The van der Waals surface area contributed by atoms with Gasteiger partial charge in [-0.15, -0.1) is 0 Å². The number of methoxy groups -OCH3 is 1. The van der Waals surface area contributed by atoms with Gasteiger partial charge in [0.15, 0.2) is 11.5 Å². The van der Waals surface area contributed by atoms with Gasteiger partial charge >= 0.3 is 6.03 Å². The van der Waals surface area contributed by atoms with Gasteiger partial charge in [-0.1, -0.05) is 0 Å². The molecule has 3 aliphatic heterocycles. The van der Waals surface area contributed by atoms with Crippen LogP contribution in [-0.2, 0) is 14.9 Å². The molecule has 1 saturated heterocycles. The van der Waals surface area contributed by atoms with Crippen LogP contribution in [0.2, 0.25) is 0 Å². The maximum atomic E-state index is 13.1. The maximum absolute atomic E-state index is 13.1. The van der Waals surface area contributed by atoms with E-state index in [0.29, 0.717) is 42.7 Å². The molecule has 0 saturated carbocycles. The number of benzene rings is 1. The minimum Gasteiger partial charge on any atom is -0.491 e. The number of guanidine groups is 1. The number of nitrogens with zero attached hydrogens (tertiary/aromatic N) is 6. The normalized spacial score (nSPS) is 16.5. The molecule has 5 N–H and O–H groups in total. The van der Waals surface area contributed by atoms with E-state index >= 15 is 0 Å². The molecule has 1 aromatic carbocycles. The SMILES string of the molecule is COc1c(OCCCN2CCOCC2)ccc2c1N=C(NC(=O)c1cnc(NC(=O)NS(N)(=O)=O)nc1)N1CCN=C21. The maximum Gasteiger partial charge on any atom is 0.336 e. The van der Waals surface area contributed by atoms with Gasteiger partial charge in [-0.3, -0.25) is 30.2 Å². The average Bonchev–Trinajstić information content (AvgIpc) is 3.46. The predicted molar refractivity (Wildman–Crippen MR) is 150 cm³/mol. The van der Waals surface area contributed by atoms with Crippen LogP contribution in [0.1, 0.15) is 22.3 Å². The number of urea groups is 1. The number of morpholine rings is 1. The zero-order valence-electron chi connectivity index (χ0n) is 22.7. The molecule has 224 valence electrons. The Kier molecular flexibility index (Phi) is 8.76.